The Bertz CT molecular complexity index is 967. The highest BCUT2D eigenvalue weighted by atomic mass is 35.5. The molecule has 3 aromatic rings. The summed E-state index contributed by atoms with van der Waals surface area (Å²) in [5.41, 5.74) is 1.80. The third-order valence-electron chi connectivity index (χ3n) is 3.67. The summed E-state index contributed by atoms with van der Waals surface area (Å²) in [6.45, 7) is 0. The molecule has 0 saturated carbocycles. The van der Waals surface area contributed by atoms with E-state index in [9.17, 15) is 4.79 Å². The predicted octanol–water partition coefficient (Wildman–Crippen LogP) is 5.23. The van der Waals surface area contributed by atoms with E-state index in [0.29, 0.717) is 16.5 Å². The van der Waals surface area contributed by atoms with E-state index in [1.807, 2.05) is 24.3 Å². The molecule has 3 rings (SSSR count). The molecule has 1 aromatic heterocycles. The molecule has 29 heavy (non-hydrogen) atoms. The summed E-state index contributed by atoms with van der Waals surface area (Å²) < 4.78 is 11.9. The SMILES string of the molecule is COc1ccc(CSc2nnc(SCC(=O)Nc3ccc(OC)c(Cl)c3)s2)cc1. The fraction of sp³-hybridized carbons (Fsp3) is 0.211. The Morgan fingerprint density at radius 1 is 1.07 bits per heavy atom. The molecule has 0 aliphatic rings. The highest BCUT2D eigenvalue weighted by Crippen LogP contribution is 2.31. The number of nitrogens with zero attached hydrogens (tertiary/aromatic N) is 2. The van der Waals surface area contributed by atoms with Gasteiger partial charge in [0.1, 0.15) is 11.5 Å². The number of methoxy groups -OCH3 is 2. The number of thioether (sulfide) groups is 2. The van der Waals surface area contributed by atoms with Gasteiger partial charge < -0.3 is 14.8 Å². The van der Waals surface area contributed by atoms with Crippen LogP contribution in [0.3, 0.4) is 0 Å². The normalized spacial score (nSPS) is 10.6. The number of amides is 1. The first-order valence-electron chi connectivity index (χ1n) is 8.43. The molecular formula is C19H18ClN3O3S3. The van der Waals surface area contributed by atoms with Crippen LogP contribution in [0.4, 0.5) is 5.69 Å². The topological polar surface area (TPSA) is 73.3 Å². The van der Waals surface area contributed by atoms with E-state index in [1.54, 1.807) is 44.2 Å². The van der Waals surface area contributed by atoms with Crippen molar-refractivity contribution >= 4 is 58.1 Å². The Hall–Kier alpha value is -1.94. The molecule has 0 radical (unpaired) electrons. The molecule has 0 saturated heterocycles. The number of ether oxygens (including phenoxy) is 2. The summed E-state index contributed by atoms with van der Waals surface area (Å²) >= 11 is 10.5. The zero-order valence-electron chi connectivity index (χ0n) is 15.7. The summed E-state index contributed by atoms with van der Waals surface area (Å²) in [6.07, 6.45) is 0. The molecule has 2 aromatic carbocycles. The van der Waals surface area contributed by atoms with E-state index in [1.165, 1.54) is 28.7 Å². The summed E-state index contributed by atoms with van der Waals surface area (Å²) in [7, 11) is 3.19. The van der Waals surface area contributed by atoms with Crippen molar-refractivity contribution in [1.82, 2.24) is 10.2 Å². The number of benzene rings is 2. The fourth-order valence-electron chi connectivity index (χ4n) is 2.25. The molecule has 0 aliphatic carbocycles. The highest BCUT2D eigenvalue weighted by molar-refractivity contribution is 8.03. The van der Waals surface area contributed by atoms with E-state index in [4.69, 9.17) is 21.1 Å². The van der Waals surface area contributed by atoms with Crippen molar-refractivity contribution in [1.29, 1.82) is 0 Å². The highest BCUT2D eigenvalue weighted by Gasteiger charge is 2.10. The Balaban J connectivity index is 1.45. The van der Waals surface area contributed by atoms with Crippen molar-refractivity contribution in [2.75, 3.05) is 25.3 Å². The van der Waals surface area contributed by atoms with Crippen molar-refractivity contribution in [3.05, 3.63) is 53.1 Å². The maximum atomic E-state index is 12.2. The van der Waals surface area contributed by atoms with Gasteiger partial charge in [0, 0.05) is 11.4 Å². The second kappa shape index (κ2) is 10.7. The smallest absolute Gasteiger partial charge is 0.234 e. The summed E-state index contributed by atoms with van der Waals surface area (Å²) in [4.78, 5) is 12.2. The number of aromatic nitrogens is 2. The van der Waals surface area contributed by atoms with E-state index < -0.39 is 0 Å². The van der Waals surface area contributed by atoms with Gasteiger partial charge in [-0.05, 0) is 35.9 Å². The van der Waals surface area contributed by atoms with Crippen LogP contribution in [0.15, 0.2) is 51.1 Å². The van der Waals surface area contributed by atoms with Gasteiger partial charge in [-0.3, -0.25) is 4.79 Å². The van der Waals surface area contributed by atoms with Crippen molar-refractivity contribution in [3.8, 4) is 11.5 Å². The molecule has 0 spiro atoms. The number of hydrogen-bond donors (Lipinski definition) is 1. The molecular weight excluding hydrogens is 450 g/mol. The maximum Gasteiger partial charge on any atom is 0.234 e. The number of anilines is 1. The summed E-state index contributed by atoms with van der Waals surface area (Å²) in [5, 5.41) is 11.6. The van der Waals surface area contributed by atoms with E-state index in [0.717, 1.165) is 20.2 Å². The molecule has 0 bridgehead atoms. The third-order valence-corrected chi connectivity index (χ3v) is 7.23. The molecule has 10 heteroatoms. The lowest BCUT2D eigenvalue weighted by Crippen LogP contribution is -2.13. The van der Waals surface area contributed by atoms with Gasteiger partial charge >= 0.3 is 0 Å². The zero-order valence-corrected chi connectivity index (χ0v) is 18.9. The lowest BCUT2D eigenvalue weighted by Gasteiger charge is -2.07. The van der Waals surface area contributed by atoms with Crippen LogP contribution in [-0.2, 0) is 10.5 Å². The van der Waals surface area contributed by atoms with Gasteiger partial charge in [0.2, 0.25) is 5.91 Å². The molecule has 152 valence electrons. The van der Waals surface area contributed by atoms with Crippen molar-refractivity contribution in [2.24, 2.45) is 0 Å². The number of carbonyl (C=O) groups is 1. The lowest BCUT2D eigenvalue weighted by molar-refractivity contribution is -0.113. The van der Waals surface area contributed by atoms with Crippen LogP contribution in [-0.4, -0.2) is 36.1 Å². The van der Waals surface area contributed by atoms with Crippen LogP contribution in [0, 0.1) is 0 Å². The average molecular weight is 468 g/mol. The number of halogens is 1. The molecule has 1 N–H and O–H groups in total. The number of carbonyl (C=O) groups excluding carboxylic acids is 1. The van der Waals surface area contributed by atoms with Crippen LogP contribution in [0.25, 0.3) is 0 Å². The largest absolute Gasteiger partial charge is 0.497 e. The van der Waals surface area contributed by atoms with Gasteiger partial charge in [0.25, 0.3) is 0 Å². The predicted molar refractivity (Wildman–Crippen MR) is 120 cm³/mol. The molecule has 0 aliphatic heterocycles. The van der Waals surface area contributed by atoms with Crippen molar-refractivity contribution in [3.63, 3.8) is 0 Å². The first-order valence-corrected chi connectivity index (χ1v) is 11.6. The monoisotopic (exact) mass is 467 g/mol. The minimum atomic E-state index is -0.140. The fourth-order valence-corrected chi connectivity index (χ4v) is 5.28. The van der Waals surface area contributed by atoms with Crippen LogP contribution in [0.5, 0.6) is 11.5 Å². The number of hydrogen-bond acceptors (Lipinski definition) is 8. The second-order valence-corrected chi connectivity index (χ2v) is 9.49. The van der Waals surface area contributed by atoms with E-state index in [-0.39, 0.29) is 11.7 Å². The van der Waals surface area contributed by atoms with Gasteiger partial charge in [0.15, 0.2) is 8.68 Å². The molecule has 0 fully saturated rings. The first-order chi connectivity index (χ1) is 14.1. The molecule has 0 unspecified atom stereocenters. The summed E-state index contributed by atoms with van der Waals surface area (Å²) in [5.74, 6) is 2.29. The van der Waals surface area contributed by atoms with Crippen molar-refractivity contribution < 1.29 is 14.3 Å². The Kier molecular flexibility index (Phi) is 8.05. The van der Waals surface area contributed by atoms with Gasteiger partial charge in [0.05, 0.1) is 25.0 Å². The average Bonchev–Trinajstić information content (AvgIpc) is 3.19. The number of rotatable bonds is 9. The maximum absolute atomic E-state index is 12.2. The molecule has 1 amide bonds. The Morgan fingerprint density at radius 3 is 2.45 bits per heavy atom. The quantitative estimate of drug-likeness (QED) is 0.432. The number of nitrogens with one attached hydrogen (secondary N) is 1. The van der Waals surface area contributed by atoms with Gasteiger partial charge in [-0.2, -0.15) is 0 Å². The second-order valence-electron chi connectivity index (χ2n) is 5.66. The van der Waals surface area contributed by atoms with Crippen LogP contribution in [0.2, 0.25) is 5.02 Å². The van der Waals surface area contributed by atoms with E-state index in [2.05, 4.69) is 15.5 Å². The van der Waals surface area contributed by atoms with Gasteiger partial charge in [-0.1, -0.05) is 58.6 Å². The minimum Gasteiger partial charge on any atom is -0.497 e. The molecule has 0 atom stereocenters. The lowest BCUT2D eigenvalue weighted by atomic mass is 10.2. The van der Waals surface area contributed by atoms with Crippen LogP contribution < -0.4 is 14.8 Å². The van der Waals surface area contributed by atoms with Crippen LogP contribution in [0.1, 0.15) is 5.56 Å². The standard InChI is InChI=1S/C19H18ClN3O3S3/c1-25-14-6-3-12(4-7-14)10-27-18-22-23-19(29-18)28-11-17(24)21-13-5-8-16(26-2)15(20)9-13/h3-9H,10-11H2,1-2H3,(H,21,24). The van der Waals surface area contributed by atoms with Crippen LogP contribution >= 0.6 is 46.5 Å². The molecule has 6 nitrogen and oxygen atoms in total. The van der Waals surface area contributed by atoms with Gasteiger partial charge in [-0.25, -0.2) is 0 Å². The minimum absolute atomic E-state index is 0.140. The first kappa shape index (κ1) is 21.8. The Labute approximate surface area is 186 Å². The Morgan fingerprint density at radius 2 is 1.79 bits per heavy atom. The van der Waals surface area contributed by atoms with Crippen molar-refractivity contribution in [2.45, 2.75) is 14.4 Å². The molecule has 1 heterocycles. The zero-order chi connectivity index (χ0) is 20.6. The summed E-state index contributed by atoms with van der Waals surface area (Å²) in [6, 6.07) is 13.0. The van der Waals surface area contributed by atoms with E-state index >= 15 is 0 Å². The van der Waals surface area contributed by atoms with Gasteiger partial charge in [-0.15, -0.1) is 10.2 Å². The third kappa shape index (κ3) is 6.53.